The summed E-state index contributed by atoms with van der Waals surface area (Å²) in [5, 5.41) is 11.2. The number of para-hydroxylation sites is 1. The van der Waals surface area contributed by atoms with Crippen LogP contribution in [-0.2, 0) is 11.2 Å². The van der Waals surface area contributed by atoms with Crippen LogP contribution in [0.4, 0.5) is 11.4 Å². The summed E-state index contributed by atoms with van der Waals surface area (Å²) in [4.78, 5) is 25.4. The van der Waals surface area contributed by atoms with Crippen LogP contribution in [0.25, 0.3) is 6.08 Å². The molecule has 3 rings (SSSR count). The quantitative estimate of drug-likeness (QED) is 0.284. The molecule has 1 saturated heterocycles. The smallest absolute Gasteiger partial charge is 0.268 e. The molecule has 0 aromatic heterocycles. The van der Waals surface area contributed by atoms with E-state index >= 15 is 0 Å². The van der Waals surface area contributed by atoms with Gasteiger partial charge in [-0.05, 0) is 42.7 Å². The van der Waals surface area contributed by atoms with Gasteiger partial charge in [-0.3, -0.25) is 19.8 Å². The van der Waals surface area contributed by atoms with Gasteiger partial charge in [-0.25, -0.2) is 0 Å². The zero-order valence-corrected chi connectivity index (χ0v) is 16.4. The number of aryl methyl sites for hydroxylation is 1. The fraction of sp³-hybridized carbons (Fsp3) is 0.200. The summed E-state index contributed by atoms with van der Waals surface area (Å²) >= 11 is 6.53. The van der Waals surface area contributed by atoms with Gasteiger partial charge in [0.15, 0.2) is 4.32 Å². The van der Waals surface area contributed by atoms with E-state index in [2.05, 4.69) is 6.92 Å². The third kappa shape index (κ3) is 4.26. The molecule has 0 N–H and O–H groups in total. The van der Waals surface area contributed by atoms with Crippen LogP contribution in [0.2, 0.25) is 0 Å². The van der Waals surface area contributed by atoms with Gasteiger partial charge < -0.3 is 0 Å². The number of rotatable bonds is 6. The summed E-state index contributed by atoms with van der Waals surface area (Å²) in [6.45, 7) is 2.15. The standard InChI is InChI=1S/C20H18N2O3S2/c1-2-3-6-14-9-11-16(12-10-14)21-19(23)18(27-20(21)26)13-15-7-4-5-8-17(15)22(24)25/h4-5,7-13H,2-3,6H2,1H3. The minimum absolute atomic E-state index is 0.0388. The largest absolute Gasteiger partial charge is 0.276 e. The summed E-state index contributed by atoms with van der Waals surface area (Å²) in [5.41, 5.74) is 2.28. The molecular formula is C20H18N2O3S2. The van der Waals surface area contributed by atoms with Gasteiger partial charge in [0.2, 0.25) is 0 Å². The lowest BCUT2D eigenvalue weighted by Gasteiger charge is -2.15. The van der Waals surface area contributed by atoms with Crippen molar-refractivity contribution in [2.24, 2.45) is 0 Å². The number of amides is 1. The van der Waals surface area contributed by atoms with Crippen molar-refractivity contribution in [3.05, 3.63) is 74.7 Å². The second-order valence-corrected chi connectivity index (χ2v) is 7.78. The SMILES string of the molecule is CCCCc1ccc(N2C(=O)C(=Cc3ccccc3[N+](=O)[O-])SC2=S)cc1. The molecule has 0 atom stereocenters. The molecular weight excluding hydrogens is 380 g/mol. The molecule has 2 aromatic rings. The molecule has 1 heterocycles. The third-order valence-corrected chi connectivity index (χ3v) is 5.53. The van der Waals surface area contributed by atoms with Crippen molar-refractivity contribution < 1.29 is 9.72 Å². The van der Waals surface area contributed by atoms with Crippen LogP contribution in [0.5, 0.6) is 0 Å². The maximum atomic E-state index is 12.8. The molecule has 5 nitrogen and oxygen atoms in total. The van der Waals surface area contributed by atoms with E-state index in [0.717, 1.165) is 31.0 Å². The predicted molar refractivity (Wildman–Crippen MR) is 114 cm³/mol. The van der Waals surface area contributed by atoms with E-state index in [1.54, 1.807) is 18.2 Å². The second kappa shape index (κ2) is 8.45. The Bertz CT molecular complexity index is 923. The summed E-state index contributed by atoms with van der Waals surface area (Å²) in [6.07, 6.45) is 4.80. The van der Waals surface area contributed by atoms with Gasteiger partial charge in [0.05, 0.1) is 21.1 Å². The second-order valence-electron chi connectivity index (χ2n) is 6.10. The topological polar surface area (TPSA) is 63.5 Å². The van der Waals surface area contributed by atoms with Crippen molar-refractivity contribution in [3.8, 4) is 0 Å². The Morgan fingerprint density at radius 2 is 1.89 bits per heavy atom. The molecule has 0 bridgehead atoms. The Hall–Kier alpha value is -2.51. The van der Waals surface area contributed by atoms with Gasteiger partial charge in [0, 0.05) is 6.07 Å². The van der Waals surface area contributed by atoms with Crippen molar-refractivity contribution in [1.82, 2.24) is 0 Å². The molecule has 0 saturated carbocycles. The Kier molecular flexibility index (Phi) is 6.03. The average Bonchev–Trinajstić information content (AvgIpc) is 2.94. The number of hydrogen-bond acceptors (Lipinski definition) is 5. The fourth-order valence-corrected chi connectivity index (χ4v) is 4.09. The number of nitro groups is 1. The van der Waals surface area contributed by atoms with E-state index in [9.17, 15) is 14.9 Å². The Labute approximate surface area is 167 Å². The van der Waals surface area contributed by atoms with Crippen LogP contribution in [0.15, 0.2) is 53.4 Å². The molecule has 0 spiro atoms. The van der Waals surface area contributed by atoms with Crippen molar-refractivity contribution in [3.63, 3.8) is 0 Å². The summed E-state index contributed by atoms with van der Waals surface area (Å²) in [7, 11) is 0. The first-order chi connectivity index (χ1) is 13.0. The van der Waals surface area contributed by atoms with E-state index in [1.165, 1.54) is 22.6 Å². The van der Waals surface area contributed by atoms with Gasteiger partial charge >= 0.3 is 0 Å². The van der Waals surface area contributed by atoms with Crippen LogP contribution in [0.3, 0.4) is 0 Å². The van der Waals surface area contributed by atoms with Crippen molar-refractivity contribution in [1.29, 1.82) is 0 Å². The van der Waals surface area contributed by atoms with Crippen molar-refractivity contribution in [2.45, 2.75) is 26.2 Å². The Morgan fingerprint density at radius 3 is 2.56 bits per heavy atom. The number of carbonyl (C=O) groups is 1. The van der Waals surface area contributed by atoms with Gasteiger partial charge in [-0.15, -0.1) is 0 Å². The number of thioether (sulfide) groups is 1. The van der Waals surface area contributed by atoms with Gasteiger partial charge in [0.1, 0.15) is 0 Å². The van der Waals surface area contributed by atoms with Crippen LogP contribution < -0.4 is 4.90 Å². The number of nitrogens with zero attached hydrogens (tertiary/aromatic N) is 2. The molecule has 0 radical (unpaired) electrons. The molecule has 1 fully saturated rings. The van der Waals surface area contributed by atoms with Crippen molar-refractivity contribution >= 4 is 51.7 Å². The maximum Gasteiger partial charge on any atom is 0.276 e. The van der Waals surface area contributed by atoms with Crippen LogP contribution in [-0.4, -0.2) is 15.2 Å². The number of unbranched alkanes of at least 4 members (excludes halogenated alkanes) is 1. The van der Waals surface area contributed by atoms with Gasteiger partial charge in [-0.2, -0.15) is 0 Å². The maximum absolute atomic E-state index is 12.8. The summed E-state index contributed by atoms with van der Waals surface area (Å²) in [6, 6.07) is 14.1. The third-order valence-electron chi connectivity index (χ3n) is 4.23. The first-order valence-corrected chi connectivity index (χ1v) is 9.84. The van der Waals surface area contributed by atoms with E-state index in [1.807, 2.05) is 24.3 Å². The molecule has 2 aromatic carbocycles. The number of hydrogen-bond donors (Lipinski definition) is 0. The minimum Gasteiger partial charge on any atom is -0.268 e. The zero-order valence-electron chi connectivity index (χ0n) is 14.8. The lowest BCUT2D eigenvalue weighted by atomic mass is 10.1. The van der Waals surface area contributed by atoms with E-state index in [4.69, 9.17) is 12.2 Å². The molecule has 0 aliphatic carbocycles. The first kappa shape index (κ1) is 19.3. The predicted octanol–water partition coefficient (Wildman–Crippen LogP) is 5.34. The lowest BCUT2D eigenvalue weighted by molar-refractivity contribution is -0.385. The minimum atomic E-state index is -0.457. The monoisotopic (exact) mass is 398 g/mol. The number of anilines is 1. The first-order valence-electron chi connectivity index (χ1n) is 8.61. The number of benzene rings is 2. The number of nitro benzene ring substituents is 1. The molecule has 1 aliphatic rings. The van der Waals surface area contributed by atoms with Crippen LogP contribution >= 0.6 is 24.0 Å². The lowest BCUT2D eigenvalue weighted by Crippen LogP contribution is -2.27. The van der Waals surface area contributed by atoms with Crippen molar-refractivity contribution in [2.75, 3.05) is 4.90 Å². The summed E-state index contributed by atoms with van der Waals surface area (Å²) < 4.78 is 0.422. The van der Waals surface area contributed by atoms with E-state index in [0.29, 0.717) is 20.5 Å². The number of carbonyl (C=O) groups excluding carboxylic acids is 1. The normalized spacial score (nSPS) is 15.6. The molecule has 27 heavy (non-hydrogen) atoms. The molecule has 1 amide bonds. The molecule has 0 unspecified atom stereocenters. The average molecular weight is 399 g/mol. The Morgan fingerprint density at radius 1 is 1.19 bits per heavy atom. The molecule has 7 heteroatoms. The Balaban J connectivity index is 1.86. The highest BCUT2D eigenvalue weighted by atomic mass is 32.2. The highest BCUT2D eigenvalue weighted by Gasteiger charge is 2.33. The molecule has 138 valence electrons. The van der Waals surface area contributed by atoms with E-state index < -0.39 is 4.92 Å². The highest BCUT2D eigenvalue weighted by Crippen LogP contribution is 2.37. The highest BCUT2D eigenvalue weighted by molar-refractivity contribution is 8.27. The number of thiocarbonyl (C=S) groups is 1. The summed E-state index contributed by atoms with van der Waals surface area (Å²) in [5.74, 6) is -0.260. The van der Waals surface area contributed by atoms with Crippen LogP contribution in [0.1, 0.15) is 30.9 Å². The van der Waals surface area contributed by atoms with E-state index in [-0.39, 0.29) is 11.6 Å². The van der Waals surface area contributed by atoms with Gasteiger partial charge in [-0.1, -0.05) is 61.6 Å². The molecule has 1 aliphatic heterocycles. The van der Waals surface area contributed by atoms with Gasteiger partial charge in [0.25, 0.3) is 11.6 Å². The fourth-order valence-electron chi connectivity index (χ4n) is 2.80. The zero-order chi connectivity index (χ0) is 19.4. The van der Waals surface area contributed by atoms with Crippen LogP contribution in [0, 0.1) is 10.1 Å².